The lowest BCUT2D eigenvalue weighted by atomic mass is 10.2. The molecule has 1 heterocycles. The van der Waals surface area contributed by atoms with Crippen molar-refractivity contribution in [1.82, 2.24) is 4.98 Å². The number of fused-ring (bicyclic) bond motifs is 1. The number of nitrogens with one attached hydrogen (secondary N) is 1. The molecule has 0 radical (unpaired) electrons. The topological polar surface area (TPSA) is 77.6 Å². The summed E-state index contributed by atoms with van der Waals surface area (Å²) in [6.45, 7) is 1.47. The van der Waals surface area contributed by atoms with E-state index in [0.717, 1.165) is 5.56 Å². The number of pyridine rings is 1. The normalized spacial score (nSPS) is 10.5. The molecule has 0 fully saturated rings. The van der Waals surface area contributed by atoms with Gasteiger partial charge < -0.3 is 19.2 Å². The molecule has 6 nitrogen and oxygen atoms in total. The molecule has 0 bridgehead atoms. The van der Waals surface area contributed by atoms with E-state index in [4.69, 9.17) is 14.2 Å². The largest absolute Gasteiger partial charge is 0.497 e. The van der Waals surface area contributed by atoms with Crippen molar-refractivity contribution in [3.8, 4) is 17.2 Å². The number of esters is 1. The number of rotatable bonds is 5. The molecule has 0 amide bonds. The molecule has 128 valence electrons. The van der Waals surface area contributed by atoms with Gasteiger partial charge in [0.15, 0.2) is 5.75 Å². The highest BCUT2D eigenvalue weighted by Crippen LogP contribution is 2.34. The van der Waals surface area contributed by atoms with Crippen molar-refractivity contribution in [1.29, 1.82) is 0 Å². The number of ether oxygens (including phenoxy) is 3. The van der Waals surface area contributed by atoms with E-state index in [-0.39, 0.29) is 18.1 Å². The summed E-state index contributed by atoms with van der Waals surface area (Å²) in [5.74, 6) is 0.0712. The van der Waals surface area contributed by atoms with Crippen LogP contribution in [-0.2, 0) is 11.4 Å². The number of H-pyrrole nitrogens is 1. The second-order valence-corrected chi connectivity index (χ2v) is 5.39. The van der Waals surface area contributed by atoms with Crippen molar-refractivity contribution in [3.63, 3.8) is 0 Å². The first-order valence-electron chi connectivity index (χ1n) is 7.67. The molecule has 0 saturated carbocycles. The highest BCUT2D eigenvalue weighted by molar-refractivity contribution is 5.89. The summed E-state index contributed by atoms with van der Waals surface area (Å²) in [6.07, 6.45) is 0. The van der Waals surface area contributed by atoms with Gasteiger partial charge in [-0.3, -0.25) is 9.59 Å². The van der Waals surface area contributed by atoms with Crippen LogP contribution >= 0.6 is 0 Å². The molecule has 0 aliphatic rings. The van der Waals surface area contributed by atoms with Crippen LogP contribution in [0.4, 0.5) is 0 Å². The zero-order valence-corrected chi connectivity index (χ0v) is 13.9. The van der Waals surface area contributed by atoms with Gasteiger partial charge in [0.2, 0.25) is 5.75 Å². The van der Waals surface area contributed by atoms with Crippen LogP contribution in [0.15, 0.2) is 53.3 Å². The summed E-state index contributed by atoms with van der Waals surface area (Å²) in [6, 6.07) is 14.7. The van der Waals surface area contributed by atoms with E-state index in [1.807, 2.05) is 30.3 Å². The van der Waals surface area contributed by atoms with Crippen molar-refractivity contribution >= 4 is 16.9 Å². The van der Waals surface area contributed by atoms with Gasteiger partial charge in [-0.2, -0.15) is 0 Å². The van der Waals surface area contributed by atoms with E-state index >= 15 is 0 Å². The van der Waals surface area contributed by atoms with Crippen LogP contribution in [0.5, 0.6) is 17.2 Å². The molecule has 1 aromatic heterocycles. The van der Waals surface area contributed by atoms with Crippen LogP contribution in [-0.4, -0.2) is 18.1 Å². The van der Waals surface area contributed by atoms with Crippen molar-refractivity contribution < 1.29 is 19.0 Å². The number of carbonyl (C=O) groups is 1. The van der Waals surface area contributed by atoms with E-state index in [1.54, 1.807) is 25.3 Å². The fraction of sp³-hybridized carbons (Fsp3) is 0.158. The summed E-state index contributed by atoms with van der Waals surface area (Å²) in [5.41, 5.74) is 0.917. The van der Waals surface area contributed by atoms with Crippen molar-refractivity contribution in [3.05, 3.63) is 64.4 Å². The molecule has 25 heavy (non-hydrogen) atoms. The number of hydrogen-bond donors (Lipinski definition) is 1. The zero-order chi connectivity index (χ0) is 17.8. The number of hydrogen-bond acceptors (Lipinski definition) is 5. The summed E-state index contributed by atoms with van der Waals surface area (Å²) < 4.78 is 16.1. The van der Waals surface area contributed by atoms with E-state index in [2.05, 4.69) is 4.98 Å². The molecule has 0 aliphatic carbocycles. The molecule has 1 N–H and O–H groups in total. The minimum absolute atomic E-state index is 0.152. The van der Waals surface area contributed by atoms with Gasteiger partial charge in [0.1, 0.15) is 12.4 Å². The molecular weight excluding hydrogens is 322 g/mol. The van der Waals surface area contributed by atoms with Crippen LogP contribution in [0, 0.1) is 0 Å². The molecule has 6 heteroatoms. The Morgan fingerprint density at radius 2 is 1.84 bits per heavy atom. The van der Waals surface area contributed by atoms with Gasteiger partial charge in [-0.1, -0.05) is 30.3 Å². The maximum Gasteiger partial charge on any atom is 0.308 e. The van der Waals surface area contributed by atoms with Crippen LogP contribution in [0.25, 0.3) is 10.9 Å². The average molecular weight is 339 g/mol. The van der Waals surface area contributed by atoms with Gasteiger partial charge in [-0.25, -0.2) is 0 Å². The first-order chi connectivity index (χ1) is 12.1. The monoisotopic (exact) mass is 339 g/mol. The maximum atomic E-state index is 12.3. The number of methoxy groups -OCH3 is 1. The van der Waals surface area contributed by atoms with Crippen LogP contribution in [0.1, 0.15) is 12.5 Å². The number of benzene rings is 2. The van der Waals surface area contributed by atoms with Gasteiger partial charge in [-0.05, 0) is 17.7 Å². The molecule has 3 aromatic rings. The van der Waals surface area contributed by atoms with Crippen LogP contribution < -0.4 is 19.8 Å². The van der Waals surface area contributed by atoms with Gasteiger partial charge >= 0.3 is 5.97 Å². The summed E-state index contributed by atoms with van der Waals surface area (Å²) in [7, 11) is 1.54. The molecule has 2 aromatic carbocycles. The zero-order valence-electron chi connectivity index (χ0n) is 13.9. The Morgan fingerprint density at radius 1 is 1.08 bits per heavy atom. The van der Waals surface area contributed by atoms with Gasteiger partial charge in [0, 0.05) is 18.4 Å². The quantitative estimate of drug-likeness (QED) is 0.723. The van der Waals surface area contributed by atoms with Crippen molar-refractivity contribution in [2.45, 2.75) is 13.5 Å². The predicted molar refractivity (Wildman–Crippen MR) is 93.2 cm³/mol. The Morgan fingerprint density at radius 3 is 2.52 bits per heavy atom. The summed E-state index contributed by atoms with van der Waals surface area (Å²) >= 11 is 0. The second-order valence-electron chi connectivity index (χ2n) is 5.39. The molecule has 0 saturated heterocycles. The Bertz CT molecular complexity index is 963. The minimum atomic E-state index is -0.595. The summed E-state index contributed by atoms with van der Waals surface area (Å²) in [4.78, 5) is 26.4. The fourth-order valence-corrected chi connectivity index (χ4v) is 2.47. The van der Waals surface area contributed by atoms with Crippen LogP contribution in [0.3, 0.4) is 0 Å². The molecule has 0 unspecified atom stereocenters. The number of aromatic nitrogens is 1. The number of aromatic amines is 1. The van der Waals surface area contributed by atoms with Gasteiger partial charge in [-0.15, -0.1) is 0 Å². The third-order valence-corrected chi connectivity index (χ3v) is 3.60. The van der Waals surface area contributed by atoms with Gasteiger partial charge in [0.05, 0.1) is 12.6 Å². The van der Waals surface area contributed by atoms with E-state index in [0.29, 0.717) is 16.7 Å². The Hall–Kier alpha value is -3.28. The Kier molecular flexibility index (Phi) is 4.70. The molecule has 0 spiro atoms. The first kappa shape index (κ1) is 16.6. The van der Waals surface area contributed by atoms with Crippen molar-refractivity contribution in [2.24, 2.45) is 0 Å². The lowest BCUT2D eigenvalue weighted by molar-refractivity contribution is -0.132. The van der Waals surface area contributed by atoms with E-state index in [9.17, 15) is 9.59 Å². The number of carbonyl (C=O) groups excluding carboxylic acids is 1. The fourth-order valence-electron chi connectivity index (χ4n) is 2.47. The van der Waals surface area contributed by atoms with Crippen molar-refractivity contribution in [2.75, 3.05) is 7.11 Å². The molecular formula is C19H17NO5. The highest BCUT2D eigenvalue weighted by Gasteiger charge is 2.18. The predicted octanol–water partition coefficient (Wildman–Crippen LogP) is 3.04. The van der Waals surface area contributed by atoms with Crippen LogP contribution in [0.2, 0.25) is 0 Å². The molecule has 0 atom stereocenters. The first-order valence-corrected chi connectivity index (χ1v) is 7.67. The average Bonchev–Trinajstić information content (AvgIpc) is 2.61. The standard InChI is InChI=1S/C19H17NO5/c1-12(21)25-18-17(24-11-13-6-4-3-5-7-13)15-9-8-14(23-2)10-16(15)20-19(18)22/h3-10H,11H2,1-2H3,(H,20,22). The minimum Gasteiger partial charge on any atom is -0.497 e. The van der Waals surface area contributed by atoms with Gasteiger partial charge in [0.25, 0.3) is 5.56 Å². The van der Waals surface area contributed by atoms with E-state index < -0.39 is 11.5 Å². The Labute approximate surface area is 144 Å². The second kappa shape index (κ2) is 7.09. The third kappa shape index (κ3) is 3.63. The SMILES string of the molecule is COc1ccc2c(OCc3ccccc3)c(OC(C)=O)c(=O)[nH]c2c1. The molecule has 0 aliphatic heterocycles. The Balaban J connectivity index is 2.10. The smallest absolute Gasteiger partial charge is 0.308 e. The molecule has 3 rings (SSSR count). The lowest BCUT2D eigenvalue weighted by Crippen LogP contribution is -2.16. The highest BCUT2D eigenvalue weighted by atomic mass is 16.6. The maximum absolute atomic E-state index is 12.3. The summed E-state index contributed by atoms with van der Waals surface area (Å²) in [5, 5.41) is 0.618. The lowest BCUT2D eigenvalue weighted by Gasteiger charge is -2.14. The third-order valence-electron chi connectivity index (χ3n) is 3.60. The van der Waals surface area contributed by atoms with E-state index in [1.165, 1.54) is 6.92 Å².